The largest absolute Gasteiger partial charge is 0.462 e. The first-order valence-electron chi connectivity index (χ1n) is 11.0. The lowest BCUT2D eigenvalue weighted by Gasteiger charge is -2.35. The fraction of sp³-hybridized carbons (Fsp3) is 0.500. The Morgan fingerprint density at radius 3 is 1.56 bits per heavy atom. The van der Waals surface area contributed by atoms with E-state index in [-0.39, 0.29) is 12.0 Å². The topological polar surface area (TPSA) is 158 Å². The molecule has 0 radical (unpaired) electrons. The molecule has 0 bridgehead atoms. The molecule has 4 atom stereocenters. The highest BCUT2D eigenvalue weighted by atomic mass is 16.6. The summed E-state index contributed by atoms with van der Waals surface area (Å²) in [5, 5.41) is 0. The maximum absolute atomic E-state index is 12.5. The number of carbonyl (C=O) groups excluding carboxylic acids is 6. The Morgan fingerprint density at radius 2 is 1.11 bits per heavy atom. The number of benzene rings is 1. The number of carbonyl (C=O) groups is 6. The molecular formula is C24H30O12. The molecule has 0 fully saturated rings. The van der Waals surface area contributed by atoms with E-state index in [0.717, 1.165) is 27.7 Å². The van der Waals surface area contributed by atoms with Crippen molar-refractivity contribution in [3.05, 3.63) is 35.9 Å². The number of hydrogen-bond acceptors (Lipinski definition) is 12. The van der Waals surface area contributed by atoms with Crippen LogP contribution in [0.4, 0.5) is 0 Å². The lowest BCUT2D eigenvalue weighted by molar-refractivity contribution is -0.205. The van der Waals surface area contributed by atoms with Gasteiger partial charge in [0.05, 0.1) is 5.56 Å². The first kappa shape index (κ1) is 30.1. The fourth-order valence-electron chi connectivity index (χ4n) is 2.96. The molecule has 0 heterocycles. The van der Waals surface area contributed by atoms with E-state index in [1.54, 1.807) is 18.2 Å². The van der Waals surface area contributed by atoms with E-state index in [2.05, 4.69) is 0 Å². The second-order valence-electron chi connectivity index (χ2n) is 7.44. The Morgan fingerprint density at radius 1 is 0.639 bits per heavy atom. The van der Waals surface area contributed by atoms with Crippen LogP contribution < -0.4 is 0 Å². The van der Waals surface area contributed by atoms with Crippen LogP contribution in [-0.4, -0.2) is 73.4 Å². The zero-order chi connectivity index (χ0) is 27.3. The molecule has 0 N–H and O–H groups in total. The molecule has 198 valence electrons. The van der Waals surface area contributed by atoms with E-state index in [4.69, 9.17) is 28.4 Å². The molecule has 12 nitrogen and oxygen atoms in total. The lowest BCUT2D eigenvalue weighted by atomic mass is 10.0. The monoisotopic (exact) mass is 510 g/mol. The van der Waals surface area contributed by atoms with Gasteiger partial charge in [0, 0.05) is 34.1 Å². The molecule has 4 unspecified atom stereocenters. The van der Waals surface area contributed by atoms with Crippen LogP contribution in [0.5, 0.6) is 0 Å². The second kappa shape index (κ2) is 15.1. The molecule has 0 saturated carbocycles. The highest BCUT2D eigenvalue weighted by Crippen LogP contribution is 2.21. The molecule has 0 spiro atoms. The van der Waals surface area contributed by atoms with Crippen LogP contribution in [0.1, 0.15) is 51.4 Å². The molecule has 36 heavy (non-hydrogen) atoms. The van der Waals surface area contributed by atoms with Crippen molar-refractivity contribution in [2.45, 2.75) is 65.5 Å². The van der Waals surface area contributed by atoms with E-state index in [0.29, 0.717) is 0 Å². The van der Waals surface area contributed by atoms with Crippen LogP contribution in [0, 0.1) is 0 Å². The van der Waals surface area contributed by atoms with Crippen molar-refractivity contribution in [3.63, 3.8) is 0 Å². The molecule has 1 aromatic carbocycles. The van der Waals surface area contributed by atoms with Gasteiger partial charge in [-0.25, -0.2) is 4.79 Å². The molecule has 1 aromatic rings. The smallest absolute Gasteiger partial charge is 0.338 e. The predicted octanol–water partition coefficient (Wildman–Crippen LogP) is 1.52. The van der Waals surface area contributed by atoms with Crippen LogP contribution >= 0.6 is 0 Å². The Labute approximate surface area is 208 Å². The van der Waals surface area contributed by atoms with Crippen molar-refractivity contribution >= 4 is 35.8 Å². The van der Waals surface area contributed by atoms with Gasteiger partial charge in [0.15, 0.2) is 24.4 Å². The maximum atomic E-state index is 12.5. The molecule has 0 aliphatic heterocycles. The zero-order valence-corrected chi connectivity index (χ0v) is 20.7. The standard InChI is InChI=1S/C24H30O12/c1-6-21(29)36-20(13-32-24(30)18-10-8-7-9-11-18)23(35-17(5)28)22(34-16(4)27)19(33-15(3)26)12-31-14(2)25/h7-11,19-20,22-23H,6,12-13H2,1-5H3. The van der Waals surface area contributed by atoms with E-state index in [1.807, 2.05) is 0 Å². The maximum Gasteiger partial charge on any atom is 0.338 e. The third kappa shape index (κ3) is 11.0. The van der Waals surface area contributed by atoms with Gasteiger partial charge in [-0.05, 0) is 12.1 Å². The summed E-state index contributed by atoms with van der Waals surface area (Å²) in [6, 6.07) is 7.92. The van der Waals surface area contributed by atoms with Gasteiger partial charge in [-0.1, -0.05) is 25.1 Å². The summed E-state index contributed by atoms with van der Waals surface area (Å²) in [6.45, 7) is 4.55. The molecule has 0 aliphatic rings. The van der Waals surface area contributed by atoms with Crippen LogP contribution in [0.15, 0.2) is 30.3 Å². The number of hydrogen-bond donors (Lipinski definition) is 0. The highest BCUT2D eigenvalue weighted by Gasteiger charge is 2.44. The molecule has 0 aliphatic carbocycles. The van der Waals surface area contributed by atoms with Gasteiger partial charge in [0.2, 0.25) is 0 Å². The van der Waals surface area contributed by atoms with Gasteiger partial charge >= 0.3 is 35.8 Å². The minimum atomic E-state index is -1.62. The summed E-state index contributed by atoms with van der Waals surface area (Å²) in [5.74, 6) is -4.84. The predicted molar refractivity (Wildman–Crippen MR) is 120 cm³/mol. The van der Waals surface area contributed by atoms with Gasteiger partial charge in [0.1, 0.15) is 13.2 Å². The number of ether oxygens (including phenoxy) is 6. The fourth-order valence-corrected chi connectivity index (χ4v) is 2.96. The van der Waals surface area contributed by atoms with E-state index >= 15 is 0 Å². The van der Waals surface area contributed by atoms with Gasteiger partial charge in [-0.15, -0.1) is 0 Å². The SMILES string of the molecule is CCC(=O)OC(COC(=O)c1ccccc1)C(OC(C)=O)C(OC(C)=O)C(COC(C)=O)OC(C)=O. The lowest BCUT2D eigenvalue weighted by Crippen LogP contribution is -2.54. The van der Waals surface area contributed by atoms with Gasteiger partial charge in [-0.3, -0.25) is 24.0 Å². The number of rotatable bonds is 13. The first-order chi connectivity index (χ1) is 16.9. The number of esters is 6. The quantitative estimate of drug-likeness (QED) is 0.279. The minimum Gasteiger partial charge on any atom is -0.462 e. The van der Waals surface area contributed by atoms with Crippen LogP contribution in [0.2, 0.25) is 0 Å². The Kier molecular flexibility index (Phi) is 12.6. The van der Waals surface area contributed by atoms with Gasteiger partial charge in [-0.2, -0.15) is 0 Å². The van der Waals surface area contributed by atoms with Crippen molar-refractivity contribution < 1.29 is 57.2 Å². The van der Waals surface area contributed by atoms with Crippen molar-refractivity contribution in [1.82, 2.24) is 0 Å². The first-order valence-corrected chi connectivity index (χ1v) is 11.0. The third-order valence-electron chi connectivity index (χ3n) is 4.39. The van der Waals surface area contributed by atoms with Crippen molar-refractivity contribution in [1.29, 1.82) is 0 Å². The van der Waals surface area contributed by atoms with Crippen LogP contribution in [0.25, 0.3) is 0 Å². The summed E-state index contributed by atoms with van der Waals surface area (Å²) >= 11 is 0. The van der Waals surface area contributed by atoms with Gasteiger partial charge in [0.25, 0.3) is 0 Å². The average molecular weight is 510 g/mol. The zero-order valence-electron chi connectivity index (χ0n) is 20.7. The van der Waals surface area contributed by atoms with E-state index in [1.165, 1.54) is 19.1 Å². The summed E-state index contributed by atoms with van der Waals surface area (Å²) in [6.07, 6.45) is -6.28. The highest BCUT2D eigenvalue weighted by molar-refractivity contribution is 5.89. The van der Waals surface area contributed by atoms with E-state index < -0.39 is 73.4 Å². The molecule has 0 amide bonds. The summed E-state index contributed by atoms with van der Waals surface area (Å²) in [5.41, 5.74) is 0.200. The molecule has 1 rings (SSSR count). The minimum absolute atomic E-state index is 0.0883. The average Bonchev–Trinajstić information content (AvgIpc) is 2.81. The summed E-state index contributed by atoms with van der Waals surface area (Å²) in [7, 11) is 0. The Balaban J connectivity index is 3.41. The summed E-state index contributed by atoms with van der Waals surface area (Å²) in [4.78, 5) is 71.6. The second-order valence-corrected chi connectivity index (χ2v) is 7.44. The van der Waals surface area contributed by atoms with Crippen molar-refractivity contribution in [3.8, 4) is 0 Å². The van der Waals surface area contributed by atoms with Crippen LogP contribution in [-0.2, 0) is 52.4 Å². The molecule has 12 heteroatoms. The molecule has 0 aromatic heterocycles. The summed E-state index contributed by atoms with van der Waals surface area (Å²) < 4.78 is 31.3. The Bertz CT molecular complexity index is 926. The Hall–Kier alpha value is -3.96. The van der Waals surface area contributed by atoms with Crippen molar-refractivity contribution in [2.75, 3.05) is 13.2 Å². The third-order valence-corrected chi connectivity index (χ3v) is 4.39. The van der Waals surface area contributed by atoms with Gasteiger partial charge < -0.3 is 28.4 Å². The molecular weight excluding hydrogens is 480 g/mol. The van der Waals surface area contributed by atoms with Crippen LogP contribution in [0.3, 0.4) is 0 Å². The van der Waals surface area contributed by atoms with Crippen molar-refractivity contribution in [2.24, 2.45) is 0 Å². The van der Waals surface area contributed by atoms with E-state index in [9.17, 15) is 28.8 Å². The molecule has 0 saturated heterocycles. The normalized spacial score (nSPS) is 13.7.